The van der Waals surface area contributed by atoms with Gasteiger partial charge in [-0.3, -0.25) is 14.4 Å². The van der Waals surface area contributed by atoms with Gasteiger partial charge in [-0.05, 0) is 83.4 Å². The third-order valence-electron chi connectivity index (χ3n) is 6.46. The van der Waals surface area contributed by atoms with Crippen molar-refractivity contribution in [2.75, 3.05) is 6.54 Å². The van der Waals surface area contributed by atoms with Gasteiger partial charge in [0.1, 0.15) is 17.7 Å². The lowest BCUT2D eigenvalue weighted by Gasteiger charge is -2.39. The summed E-state index contributed by atoms with van der Waals surface area (Å²) in [4.78, 5) is 54.4. The van der Waals surface area contributed by atoms with E-state index in [2.05, 4.69) is 24.5 Å². The lowest BCUT2D eigenvalue weighted by molar-refractivity contribution is -0.146. The molecule has 0 aliphatic carbocycles. The van der Waals surface area contributed by atoms with Crippen LogP contribution in [0.15, 0.2) is 18.2 Å². The monoisotopic (exact) mass is 546 g/mol. The van der Waals surface area contributed by atoms with Gasteiger partial charge in [0.25, 0.3) is 0 Å². The number of unbranched alkanes of at least 4 members (excludes halogenated alkanes) is 1. The maximum atomic E-state index is 14.3. The largest absolute Gasteiger partial charge is 0.444 e. The molecular weight excluding hydrogens is 496 g/mol. The van der Waals surface area contributed by atoms with Crippen molar-refractivity contribution in [3.63, 3.8) is 0 Å². The van der Waals surface area contributed by atoms with Crippen molar-refractivity contribution in [1.29, 1.82) is 0 Å². The van der Waals surface area contributed by atoms with Gasteiger partial charge in [0, 0.05) is 12.6 Å². The second kappa shape index (κ2) is 15.5. The average molecular weight is 547 g/mol. The highest BCUT2D eigenvalue weighted by Crippen LogP contribution is 2.32. The number of nitrogens with one attached hydrogen (secondary N) is 2. The predicted octanol–water partition coefficient (Wildman–Crippen LogP) is 4.68. The standard InChI is InChI=1S/C30H50N4O5/c1-10-11-17-32-27(36)26(25-20(4)13-12-14-21(25)5)34(22(6)16-15-19(2)3)28(37)23(18-24(31)35)33-29(38)39-30(7,8)9/h12-14,19,22-23,26H,10-11,15-18H2,1-9H3,(H2,31,35)(H,32,36)(H,33,38). The second-order valence-corrected chi connectivity index (χ2v) is 11.8. The Morgan fingerprint density at radius 1 is 1.03 bits per heavy atom. The quantitative estimate of drug-likeness (QED) is 0.292. The number of carbonyl (C=O) groups excluding carboxylic acids is 4. The van der Waals surface area contributed by atoms with Crippen molar-refractivity contribution < 1.29 is 23.9 Å². The molecule has 0 saturated heterocycles. The Hall–Kier alpha value is -3.10. The zero-order chi connectivity index (χ0) is 29.9. The SMILES string of the molecule is CCCCNC(=O)C(c1c(C)cccc1C)N(C(=O)C(CC(N)=O)NC(=O)OC(C)(C)C)C(C)CCC(C)C. The first-order valence-electron chi connectivity index (χ1n) is 14.0. The van der Waals surface area contributed by atoms with Crippen LogP contribution in [-0.4, -0.2) is 52.9 Å². The molecule has 4 N–H and O–H groups in total. The molecule has 0 spiro atoms. The van der Waals surface area contributed by atoms with Crippen molar-refractivity contribution in [2.24, 2.45) is 11.7 Å². The third kappa shape index (κ3) is 11.3. The number of nitrogens with two attached hydrogens (primary N) is 1. The lowest BCUT2D eigenvalue weighted by atomic mass is 9.91. The summed E-state index contributed by atoms with van der Waals surface area (Å²) in [5.41, 5.74) is 7.15. The van der Waals surface area contributed by atoms with Gasteiger partial charge in [-0.25, -0.2) is 4.79 Å². The van der Waals surface area contributed by atoms with Crippen LogP contribution in [0.2, 0.25) is 0 Å². The summed E-state index contributed by atoms with van der Waals surface area (Å²) in [7, 11) is 0. The minimum absolute atomic E-state index is 0.305. The van der Waals surface area contributed by atoms with E-state index in [1.165, 1.54) is 4.90 Å². The Bertz CT molecular complexity index is 966. The minimum Gasteiger partial charge on any atom is -0.444 e. The summed E-state index contributed by atoms with van der Waals surface area (Å²) in [6.07, 6.45) is 1.88. The molecule has 4 amide bonds. The molecule has 1 rings (SSSR count). The molecule has 0 fully saturated rings. The molecule has 1 aromatic rings. The molecule has 0 radical (unpaired) electrons. The van der Waals surface area contributed by atoms with Crippen LogP contribution in [0.1, 0.15) is 103 Å². The van der Waals surface area contributed by atoms with Crippen LogP contribution >= 0.6 is 0 Å². The van der Waals surface area contributed by atoms with Gasteiger partial charge < -0.3 is 26.0 Å². The van der Waals surface area contributed by atoms with Crippen molar-refractivity contribution in [3.05, 3.63) is 34.9 Å². The zero-order valence-electron chi connectivity index (χ0n) is 25.3. The number of ether oxygens (including phenoxy) is 1. The van der Waals surface area contributed by atoms with E-state index in [1.807, 2.05) is 45.9 Å². The van der Waals surface area contributed by atoms with Crippen LogP contribution < -0.4 is 16.4 Å². The Morgan fingerprint density at radius 2 is 1.62 bits per heavy atom. The van der Waals surface area contributed by atoms with Crippen LogP contribution in [0.5, 0.6) is 0 Å². The molecule has 0 aliphatic heterocycles. The molecule has 9 heteroatoms. The molecular formula is C30H50N4O5. The summed E-state index contributed by atoms with van der Waals surface area (Å²) in [6.45, 7) is 17.5. The predicted molar refractivity (Wildman–Crippen MR) is 154 cm³/mol. The van der Waals surface area contributed by atoms with Crippen molar-refractivity contribution in [3.8, 4) is 0 Å². The van der Waals surface area contributed by atoms with Crippen LogP contribution in [0, 0.1) is 19.8 Å². The van der Waals surface area contributed by atoms with Gasteiger partial charge in [0.15, 0.2) is 0 Å². The van der Waals surface area contributed by atoms with Crippen LogP contribution in [0.25, 0.3) is 0 Å². The Morgan fingerprint density at radius 3 is 2.10 bits per heavy atom. The van der Waals surface area contributed by atoms with Gasteiger partial charge >= 0.3 is 6.09 Å². The fourth-order valence-corrected chi connectivity index (χ4v) is 4.48. The number of hydrogen-bond acceptors (Lipinski definition) is 5. The highest BCUT2D eigenvalue weighted by Gasteiger charge is 2.40. The third-order valence-corrected chi connectivity index (χ3v) is 6.46. The highest BCUT2D eigenvalue weighted by molar-refractivity contribution is 5.95. The molecule has 1 aromatic carbocycles. The first kappa shape index (κ1) is 33.9. The number of alkyl carbamates (subject to hydrolysis) is 1. The number of hydrogen-bond donors (Lipinski definition) is 3. The van der Waals surface area contributed by atoms with Gasteiger partial charge in [-0.15, -0.1) is 0 Å². The number of carbonyl (C=O) groups is 4. The van der Waals surface area contributed by atoms with Crippen molar-refractivity contribution in [1.82, 2.24) is 15.5 Å². The first-order chi connectivity index (χ1) is 18.1. The van der Waals surface area contributed by atoms with E-state index >= 15 is 0 Å². The molecule has 9 nitrogen and oxygen atoms in total. The maximum absolute atomic E-state index is 14.3. The molecule has 3 unspecified atom stereocenters. The molecule has 0 heterocycles. The fraction of sp³-hybridized carbons (Fsp3) is 0.667. The number of nitrogens with zero attached hydrogens (tertiary/aromatic N) is 1. The van der Waals surface area contributed by atoms with E-state index in [0.717, 1.165) is 36.0 Å². The molecule has 39 heavy (non-hydrogen) atoms. The summed E-state index contributed by atoms with van der Waals surface area (Å²) >= 11 is 0. The fourth-order valence-electron chi connectivity index (χ4n) is 4.48. The molecule has 0 saturated carbocycles. The van der Waals surface area contributed by atoms with Crippen LogP contribution in [-0.2, 0) is 19.1 Å². The molecule has 0 aliphatic rings. The number of primary amides is 1. The highest BCUT2D eigenvalue weighted by atomic mass is 16.6. The molecule has 0 aromatic heterocycles. The van der Waals surface area contributed by atoms with Gasteiger partial charge in [-0.2, -0.15) is 0 Å². The molecule has 220 valence electrons. The Balaban J connectivity index is 3.70. The number of rotatable bonds is 14. The van der Waals surface area contributed by atoms with Crippen molar-refractivity contribution >= 4 is 23.8 Å². The smallest absolute Gasteiger partial charge is 0.408 e. The van der Waals surface area contributed by atoms with Gasteiger partial charge in [0.05, 0.1) is 6.42 Å². The van der Waals surface area contributed by atoms with E-state index in [1.54, 1.807) is 20.8 Å². The van der Waals surface area contributed by atoms with Gasteiger partial charge in [-0.1, -0.05) is 45.4 Å². The van der Waals surface area contributed by atoms with Crippen LogP contribution in [0.4, 0.5) is 4.79 Å². The van der Waals surface area contributed by atoms with Gasteiger partial charge in [0.2, 0.25) is 17.7 Å². The molecule has 0 bridgehead atoms. The number of aryl methyl sites for hydroxylation is 2. The number of benzene rings is 1. The number of amides is 4. The minimum atomic E-state index is -1.30. The van der Waals surface area contributed by atoms with Crippen molar-refractivity contribution in [2.45, 2.75) is 118 Å². The van der Waals surface area contributed by atoms with E-state index in [-0.39, 0.29) is 11.9 Å². The normalized spacial score (nSPS) is 13.8. The maximum Gasteiger partial charge on any atom is 0.408 e. The van der Waals surface area contributed by atoms with E-state index in [0.29, 0.717) is 18.9 Å². The zero-order valence-corrected chi connectivity index (χ0v) is 25.3. The summed E-state index contributed by atoms with van der Waals surface area (Å²) in [6, 6.07) is 3.10. The van der Waals surface area contributed by atoms with Crippen LogP contribution in [0.3, 0.4) is 0 Å². The first-order valence-corrected chi connectivity index (χ1v) is 14.0. The topological polar surface area (TPSA) is 131 Å². The average Bonchev–Trinajstić information content (AvgIpc) is 2.79. The lowest BCUT2D eigenvalue weighted by Crippen LogP contribution is -2.56. The Kier molecular flexibility index (Phi) is 13.5. The van der Waals surface area contributed by atoms with E-state index in [9.17, 15) is 19.2 Å². The van der Waals surface area contributed by atoms with E-state index < -0.39 is 42.0 Å². The summed E-state index contributed by atoms with van der Waals surface area (Å²) < 4.78 is 5.36. The molecule has 3 atom stereocenters. The van der Waals surface area contributed by atoms with E-state index in [4.69, 9.17) is 10.5 Å². The summed E-state index contributed by atoms with van der Waals surface area (Å²) in [5, 5.41) is 5.55. The summed E-state index contributed by atoms with van der Waals surface area (Å²) in [5.74, 6) is -1.24. The Labute approximate surface area is 234 Å². The second-order valence-electron chi connectivity index (χ2n) is 11.8.